The fraction of sp³-hybridized carbons (Fsp3) is 0.667. The van der Waals surface area contributed by atoms with Crippen molar-refractivity contribution in [2.24, 2.45) is 11.3 Å². The average molecular weight is 407 g/mol. The third kappa shape index (κ3) is 3.66. The van der Waals surface area contributed by atoms with Gasteiger partial charge in [0.1, 0.15) is 5.75 Å². The van der Waals surface area contributed by atoms with Crippen LogP contribution < -0.4 is 10.1 Å². The SMILES string of the molecule is CCOc1ccccc1NC(=O)C1CN(S(=O)(=O)C2CC2)CC12CCCCC2. The van der Waals surface area contributed by atoms with E-state index in [2.05, 4.69) is 5.32 Å². The lowest BCUT2D eigenvalue weighted by molar-refractivity contribution is -0.123. The van der Waals surface area contributed by atoms with Crippen molar-refractivity contribution in [3.8, 4) is 5.75 Å². The molecule has 1 spiro atoms. The molecule has 1 heterocycles. The van der Waals surface area contributed by atoms with E-state index in [4.69, 9.17) is 4.74 Å². The van der Waals surface area contributed by atoms with Crippen molar-refractivity contribution in [1.82, 2.24) is 4.31 Å². The van der Waals surface area contributed by atoms with E-state index in [1.807, 2.05) is 31.2 Å². The Morgan fingerprint density at radius 2 is 1.93 bits per heavy atom. The molecule has 7 heteroatoms. The largest absolute Gasteiger partial charge is 0.492 e. The van der Waals surface area contributed by atoms with Crippen molar-refractivity contribution in [2.45, 2.75) is 57.1 Å². The first kappa shape index (κ1) is 19.7. The van der Waals surface area contributed by atoms with Crippen molar-refractivity contribution < 1.29 is 17.9 Å². The average Bonchev–Trinajstić information content (AvgIpc) is 3.48. The summed E-state index contributed by atoms with van der Waals surface area (Å²) in [4.78, 5) is 13.3. The van der Waals surface area contributed by atoms with Crippen molar-refractivity contribution in [2.75, 3.05) is 25.0 Å². The molecule has 1 amide bonds. The summed E-state index contributed by atoms with van der Waals surface area (Å²) in [5.74, 6) is 0.259. The van der Waals surface area contributed by atoms with Crippen molar-refractivity contribution >= 4 is 21.6 Å². The van der Waals surface area contributed by atoms with Crippen LogP contribution in [0.15, 0.2) is 24.3 Å². The number of para-hydroxylation sites is 2. The molecule has 1 aromatic carbocycles. The smallest absolute Gasteiger partial charge is 0.229 e. The fourth-order valence-electron chi connectivity index (χ4n) is 4.89. The van der Waals surface area contributed by atoms with Crippen LogP contribution in [-0.2, 0) is 14.8 Å². The summed E-state index contributed by atoms with van der Waals surface area (Å²) < 4.78 is 33.0. The zero-order chi connectivity index (χ0) is 19.8. The molecule has 1 unspecified atom stereocenters. The van der Waals surface area contributed by atoms with Gasteiger partial charge in [0.2, 0.25) is 15.9 Å². The Balaban J connectivity index is 1.58. The molecule has 1 aliphatic heterocycles. The monoisotopic (exact) mass is 406 g/mol. The van der Waals surface area contributed by atoms with Crippen LogP contribution in [0.1, 0.15) is 51.9 Å². The number of amides is 1. The van der Waals surface area contributed by atoms with Gasteiger partial charge < -0.3 is 10.1 Å². The summed E-state index contributed by atoms with van der Waals surface area (Å²) in [6.45, 7) is 3.24. The molecule has 4 rings (SSSR count). The molecule has 0 radical (unpaired) electrons. The highest BCUT2D eigenvalue weighted by Gasteiger charge is 2.55. The number of ether oxygens (including phenoxy) is 1. The second-order valence-electron chi connectivity index (χ2n) is 8.43. The molecule has 1 atom stereocenters. The number of hydrogen-bond donors (Lipinski definition) is 1. The molecule has 1 N–H and O–H groups in total. The minimum absolute atomic E-state index is 0.0810. The quantitative estimate of drug-likeness (QED) is 0.786. The maximum absolute atomic E-state index is 13.3. The Morgan fingerprint density at radius 3 is 2.61 bits per heavy atom. The second-order valence-corrected chi connectivity index (χ2v) is 10.6. The van der Waals surface area contributed by atoms with Crippen LogP contribution in [-0.4, -0.2) is 43.6 Å². The predicted octanol–water partition coefficient (Wildman–Crippen LogP) is 3.40. The molecule has 3 aliphatic rings. The van der Waals surface area contributed by atoms with E-state index < -0.39 is 10.0 Å². The van der Waals surface area contributed by atoms with Gasteiger partial charge in [0.15, 0.2) is 0 Å². The van der Waals surface area contributed by atoms with Crippen LogP contribution in [0.2, 0.25) is 0 Å². The summed E-state index contributed by atoms with van der Waals surface area (Å²) in [6.07, 6.45) is 6.66. The molecule has 0 aromatic heterocycles. The number of carbonyl (C=O) groups excluding carboxylic acids is 1. The molecular weight excluding hydrogens is 376 g/mol. The lowest BCUT2D eigenvalue weighted by Gasteiger charge is -2.37. The van der Waals surface area contributed by atoms with Crippen LogP contribution in [0, 0.1) is 11.3 Å². The number of hydrogen-bond acceptors (Lipinski definition) is 4. The van der Waals surface area contributed by atoms with Gasteiger partial charge in [0.25, 0.3) is 0 Å². The standard InChI is InChI=1S/C21H30N2O4S/c1-2-27-19-9-5-4-8-18(19)22-20(24)17-14-23(28(25,26)16-10-11-16)15-21(17)12-6-3-7-13-21/h4-5,8-9,16-17H,2-3,6-7,10-15H2,1H3,(H,22,24). The van der Waals surface area contributed by atoms with Gasteiger partial charge in [-0.05, 0) is 50.2 Å². The Labute approximate surface area is 167 Å². The highest BCUT2D eigenvalue weighted by atomic mass is 32.2. The van der Waals surface area contributed by atoms with Crippen LogP contribution in [0.5, 0.6) is 5.75 Å². The molecule has 3 fully saturated rings. The van der Waals surface area contributed by atoms with E-state index in [0.717, 1.165) is 38.5 Å². The minimum Gasteiger partial charge on any atom is -0.492 e. The third-order valence-electron chi connectivity index (χ3n) is 6.53. The summed E-state index contributed by atoms with van der Waals surface area (Å²) >= 11 is 0. The van der Waals surface area contributed by atoms with Gasteiger partial charge in [-0.2, -0.15) is 0 Å². The summed E-state index contributed by atoms with van der Waals surface area (Å²) in [5, 5.41) is 2.81. The van der Waals surface area contributed by atoms with E-state index in [9.17, 15) is 13.2 Å². The van der Waals surface area contributed by atoms with E-state index in [1.54, 1.807) is 4.31 Å². The molecule has 154 valence electrons. The first-order valence-electron chi connectivity index (χ1n) is 10.5. The van der Waals surface area contributed by atoms with Crippen LogP contribution in [0.25, 0.3) is 0 Å². The number of benzene rings is 1. The number of anilines is 1. The van der Waals surface area contributed by atoms with Crippen LogP contribution in [0.3, 0.4) is 0 Å². The van der Waals surface area contributed by atoms with E-state index in [1.165, 1.54) is 6.42 Å². The minimum atomic E-state index is -3.27. The summed E-state index contributed by atoms with van der Waals surface area (Å²) in [5.41, 5.74) is 0.425. The third-order valence-corrected chi connectivity index (χ3v) is 8.84. The van der Waals surface area contributed by atoms with Gasteiger partial charge in [0, 0.05) is 13.1 Å². The molecule has 6 nitrogen and oxygen atoms in total. The van der Waals surface area contributed by atoms with Gasteiger partial charge in [-0.3, -0.25) is 4.79 Å². The lowest BCUT2D eigenvalue weighted by atomic mass is 9.67. The Hall–Kier alpha value is -1.60. The number of carbonyl (C=O) groups is 1. The Kier molecular flexibility index (Phi) is 5.40. The van der Waals surface area contributed by atoms with Gasteiger partial charge in [-0.25, -0.2) is 12.7 Å². The Morgan fingerprint density at radius 1 is 1.21 bits per heavy atom. The normalized spacial score (nSPS) is 25.0. The van der Waals surface area contributed by atoms with Gasteiger partial charge in [0.05, 0.1) is 23.5 Å². The van der Waals surface area contributed by atoms with E-state index in [0.29, 0.717) is 31.1 Å². The van der Waals surface area contributed by atoms with Gasteiger partial charge in [-0.1, -0.05) is 31.4 Å². The molecular formula is C21H30N2O4S. The summed E-state index contributed by atoms with van der Waals surface area (Å²) in [6, 6.07) is 7.42. The van der Waals surface area contributed by atoms with Crippen LogP contribution >= 0.6 is 0 Å². The maximum atomic E-state index is 13.3. The number of sulfonamides is 1. The maximum Gasteiger partial charge on any atom is 0.229 e. The summed E-state index contributed by atoms with van der Waals surface area (Å²) in [7, 11) is -3.27. The highest BCUT2D eigenvalue weighted by Crippen LogP contribution is 2.50. The lowest BCUT2D eigenvalue weighted by Crippen LogP contribution is -2.39. The van der Waals surface area contributed by atoms with Crippen molar-refractivity contribution in [1.29, 1.82) is 0 Å². The van der Waals surface area contributed by atoms with Crippen LogP contribution in [0.4, 0.5) is 5.69 Å². The molecule has 1 aromatic rings. The number of rotatable bonds is 6. The predicted molar refractivity (Wildman–Crippen MR) is 109 cm³/mol. The van der Waals surface area contributed by atoms with Gasteiger partial charge >= 0.3 is 0 Å². The molecule has 2 aliphatic carbocycles. The zero-order valence-corrected chi connectivity index (χ0v) is 17.3. The molecule has 2 saturated carbocycles. The molecule has 0 bridgehead atoms. The number of nitrogens with one attached hydrogen (secondary N) is 1. The first-order chi connectivity index (χ1) is 13.5. The van der Waals surface area contributed by atoms with Crippen molar-refractivity contribution in [3.63, 3.8) is 0 Å². The first-order valence-corrected chi connectivity index (χ1v) is 12.0. The molecule has 1 saturated heterocycles. The second kappa shape index (κ2) is 7.67. The van der Waals surface area contributed by atoms with E-state index >= 15 is 0 Å². The number of nitrogens with zero attached hydrogens (tertiary/aromatic N) is 1. The highest BCUT2D eigenvalue weighted by molar-refractivity contribution is 7.90. The molecule has 28 heavy (non-hydrogen) atoms. The topological polar surface area (TPSA) is 75.7 Å². The van der Waals surface area contributed by atoms with Crippen molar-refractivity contribution in [3.05, 3.63) is 24.3 Å². The zero-order valence-electron chi connectivity index (χ0n) is 16.5. The van der Waals surface area contributed by atoms with E-state index in [-0.39, 0.29) is 22.5 Å². The van der Waals surface area contributed by atoms with Gasteiger partial charge in [-0.15, -0.1) is 0 Å². The fourth-order valence-corrected chi connectivity index (χ4v) is 6.84. The Bertz CT molecular complexity index is 829.